The van der Waals surface area contributed by atoms with E-state index in [0.717, 1.165) is 0 Å². The van der Waals surface area contributed by atoms with Crippen molar-refractivity contribution in [3.63, 3.8) is 0 Å². The molecule has 5 nitrogen and oxygen atoms in total. The van der Waals surface area contributed by atoms with Crippen molar-refractivity contribution in [2.45, 2.75) is 13.0 Å². The molecule has 0 aromatic carbocycles. The van der Waals surface area contributed by atoms with Crippen LogP contribution in [-0.4, -0.2) is 17.6 Å². The third-order valence-electron chi connectivity index (χ3n) is 1.33. The first-order valence-corrected chi connectivity index (χ1v) is 3.69. The number of nitrogens with two attached hydrogens (primary N) is 1. The van der Waals surface area contributed by atoms with Crippen LogP contribution in [0.4, 0.5) is 0 Å². The SMILES string of the molecule is NCCC(=O)NCc1ccon1. The fourth-order valence-electron chi connectivity index (χ4n) is 0.737. The zero-order valence-electron chi connectivity index (χ0n) is 6.62. The van der Waals surface area contributed by atoms with Gasteiger partial charge in [0.05, 0.1) is 6.54 Å². The molecule has 0 aliphatic heterocycles. The van der Waals surface area contributed by atoms with Gasteiger partial charge >= 0.3 is 0 Å². The van der Waals surface area contributed by atoms with Gasteiger partial charge in [-0.25, -0.2) is 0 Å². The first kappa shape index (κ1) is 8.73. The zero-order chi connectivity index (χ0) is 8.81. The lowest BCUT2D eigenvalue weighted by Gasteiger charge is -1.99. The number of carbonyl (C=O) groups is 1. The highest BCUT2D eigenvalue weighted by atomic mass is 16.5. The van der Waals surface area contributed by atoms with E-state index in [4.69, 9.17) is 5.73 Å². The first-order chi connectivity index (χ1) is 5.83. The normalized spacial score (nSPS) is 9.75. The summed E-state index contributed by atoms with van der Waals surface area (Å²) < 4.78 is 4.58. The van der Waals surface area contributed by atoms with Gasteiger partial charge in [-0.3, -0.25) is 4.79 Å². The fraction of sp³-hybridized carbons (Fsp3) is 0.429. The van der Waals surface area contributed by atoms with Gasteiger partial charge in [0.15, 0.2) is 0 Å². The van der Waals surface area contributed by atoms with Crippen LogP contribution in [0.5, 0.6) is 0 Å². The standard InChI is InChI=1S/C7H11N3O2/c8-3-1-7(11)9-5-6-2-4-12-10-6/h2,4H,1,3,5,8H2,(H,9,11). The molecule has 0 bridgehead atoms. The molecule has 1 aromatic rings. The van der Waals surface area contributed by atoms with E-state index in [2.05, 4.69) is 15.0 Å². The van der Waals surface area contributed by atoms with Crippen LogP contribution >= 0.6 is 0 Å². The second-order valence-electron chi connectivity index (χ2n) is 2.31. The number of hydrogen-bond acceptors (Lipinski definition) is 4. The molecule has 0 unspecified atom stereocenters. The Morgan fingerprint density at radius 3 is 3.17 bits per heavy atom. The third-order valence-corrected chi connectivity index (χ3v) is 1.33. The zero-order valence-corrected chi connectivity index (χ0v) is 6.62. The molecule has 0 aliphatic carbocycles. The van der Waals surface area contributed by atoms with Crippen LogP contribution in [0.3, 0.4) is 0 Å². The molecular formula is C7H11N3O2. The van der Waals surface area contributed by atoms with Crippen LogP contribution < -0.4 is 11.1 Å². The summed E-state index contributed by atoms with van der Waals surface area (Å²) in [5.41, 5.74) is 5.89. The Kier molecular flexibility index (Phi) is 3.28. The lowest BCUT2D eigenvalue weighted by Crippen LogP contribution is -2.25. The molecule has 0 saturated heterocycles. The molecule has 1 heterocycles. The summed E-state index contributed by atoms with van der Waals surface area (Å²) in [6, 6.07) is 1.70. The van der Waals surface area contributed by atoms with E-state index >= 15 is 0 Å². The van der Waals surface area contributed by atoms with Crippen molar-refractivity contribution >= 4 is 5.91 Å². The van der Waals surface area contributed by atoms with Crippen molar-refractivity contribution in [2.24, 2.45) is 5.73 Å². The van der Waals surface area contributed by atoms with Crippen LogP contribution in [0.2, 0.25) is 0 Å². The van der Waals surface area contributed by atoms with Crippen LogP contribution in [0.1, 0.15) is 12.1 Å². The topological polar surface area (TPSA) is 81.2 Å². The van der Waals surface area contributed by atoms with Gasteiger partial charge in [0.2, 0.25) is 5.91 Å². The Bertz CT molecular complexity index is 233. The third kappa shape index (κ3) is 2.71. The predicted octanol–water partition coefficient (Wildman–Crippen LogP) is -0.360. The number of carbonyl (C=O) groups excluding carboxylic acids is 1. The second kappa shape index (κ2) is 4.50. The van der Waals surface area contributed by atoms with Gasteiger partial charge in [0.1, 0.15) is 12.0 Å². The molecule has 0 fully saturated rings. The minimum Gasteiger partial charge on any atom is -0.364 e. The minimum absolute atomic E-state index is 0.0690. The number of hydrogen-bond donors (Lipinski definition) is 2. The van der Waals surface area contributed by atoms with Crippen LogP contribution in [0.15, 0.2) is 16.9 Å². The van der Waals surface area contributed by atoms with Crippen molar-refractivity contribution in [3.05, 3.63) is 18.0 Å². The van der Waals surface area contributed by atoms with Gasteiger partial charge < -0.3 is 15.6 Å². The van der Waals surface area contributed by atoms with E-state index in [1.54, 1.807) is 6.07 Å². The summed E-state index contributed by atoms with van der Waals surface area (Å²) >= 11 is 0. The number of aromatic nitrogens is 1. The average molecular weight is 169 g/mol. The molecule has 0 radical (unpaired) electrons. The van der Waals surface area contributed by atoms with Gasteiger partial charge in [0.25, 0.3) is 0 Å². The van der Waals surface area contributed by atoms with Crippen LogP contribution in [-0.2, 0) is 11.3 Å². The van der Waals surface area contributed by atoms with E-state index in [1.165, 1.54) is 6.26 Å². The molecule has 0 aliphatic rings. The van der Waals surface area contributed by atoms with Crippen molar-refractivity contribution in [3.8, 4) is 0 Å². The van der Waals surface area contributed by atoms with Gasteiger partial charge in [0, 0.05) is 19.0 Å². The average Bonchev–Trinajstić information content (AvgIpc) is 2.53. The van der Waals surface area contributed by atoms with Crippen LogP contribution in [0.25, 0.3) is 0 Å². The quantitative estimate of drug-likeness (QED) is 0.645. The summed E-state index contributed by atoms with van der Waals surface area (Å²) in [6.45, 7) is 0.764. The highest BCUT2D eigenvalue weighted by Gasteiger charge is 2.00. The summed E-state index contributed by atoms with van der Waals surface area (Å²) in [5, 5.41) is 6.27. The number of rotatable bonds is 4. The van der Waals surface area contributed by atoms with Crippen LogP contribution in [0, 0.1) is 0 Å². The summed E-state index contributed by atoms with van der Waals surface area (Å²) in [4.78, 5) is 10.9. The maximum absolute atomic E-state index is 10.9. The number of nitrogens with one attached hydrogen (secondary N) is 1. The molecule has 0 atom stereocenters. The molecule has 1 aromatic heterocycles. The molecule has 1 rings (SSSR count). The van der Waals surface area contributed by atoms with E-state index in [0.29, 0.717) is 25.2 Å². The molecule has 1 amide bonds. The summed E-state index contributed by atoms with van der Waals surface area (Å²) in [6.07, 6.45) is 1.81. The monoisotopic (exact) mass is 169 g/mol. The maximum atomic E-state index is 10.9. The maximum Gasteiger partial charge on any atom is 0.221 e. The van der Waals surface area contributed by atoms with Crippen molar-refractivity contribution in [1.29, 1.82) is 0 Å². The molecular weight excluding hydrogens is 158 g/mol. The fourth-order valence-corrected chi connectivity index (χ4v) is 0.737. The van der Waals surface area contributed by atoms with E-state index in [1.807, 2.05) is 0 Å². The lowest BCUT2D eigenvalue weighted by atomic mass is 10.4. The van der Waals surface area contributed by atoms with E-state index in [9.17, 15) is 4.79 Å². The lowest BCUT2D eigenvalue weighted by molar-refractivity contribution is -0.121. The molecule has 3 N–H and O–H groups in total. The van der Waals surface area contributed by atoms with E-state index < -0.39 is 0 Å². The molecule has 0 spiro atoms. The van der Waals surface area contributed by atoms with Crippen molar-refractivity contribution in [1.82, 2.24) is 10.5 Å². The molecule has 0 saturated carbocycles. The highest BCUT2D eigenvalue weighted by molar-refractivity contribution is 5.75. The van der Waals surface area contributed by atoms with E-state index in [-0.39, 0.29) is 5.91 Å². The minimum atomic E-state index is -0.0690. The van der Waals surface area contributed by atoms with Gasteiger partial charge in [-0.1, -0.05) is 5.16 Å². The Morgan fingerprint density at radius 2 is 2.58 bits per heavy atom. The van der Waals surface area contributed by atoms with Gasteiger partial charge in [-0.15, -0.1) is 0 Å². The summed E-state index contributed by atoms with van der Waals surface area (Å²) in [5.74, 6) is -0.0690. The smallest absolute Gasteiger partial charge is 0.221 e. The van der Waals surface area contributed by atoms with Crippen molar-refractivity contribution in [2.75, 3.05) is 6.54 Å². The van der Waals surface area contributed by atoms with Gasteiger partial charge in [-0.05, 0) is 0 Å². The number of nitrogens with zero attached hydrogens (tertiary/aromatic N) is 1. The predicted molar refractivity (Wildman–Crippen MR) is 42.0 cm³/mol. The molecule has 66 valence electrons. The largest absolute Gasteiger partial charge is 0.364 e. The summed E-state index contributed by atoms with van der Waals surface area (Å²) in [7, 11) is 0. The first-order valence-electron chi connectivity index (χ1n) is 3.69. The van der Waals surface area contributed by atoms with Gasteiger partial charge in [-0.2, -0.15) is 0 Å². The van der Waals surface area contributed by atoms with Crippen molar-refractivity contribution < 1.29 is 9.32 Å². The number of amides is 1. The highest BCUT2D eigenvalue weighted by Crippen LogP contribution is 1.92. The molecule has 12 heavy (non-hydrogen) atoms. The Labute approximate surface area is 69.9 Å². The molecule has 5 heteroatoms. The second-order valence-corrected chi connectivity index (χ2v) is 2.31. The Hall–Kier alpha value is -1.36. The Balaban J connectivity index is 2.22. The Morgan fingerprint density at radius 1 is 1.75 bits per heavy atom.